The van der Waals surface area contributed by atoms with Crippen LogP contribution in [0.3, 0.4) is 0 Å². The molecule has 15 heteroatoms. The fourth-order valence-corrected chi connectivity index (χ4v) is 10.1. The van der Waals surface area contributed by atoms with Crippen molar-refractivity contribution in [3.05, 3.63) is 82.9 Å². The van der Waals surface area contributed by atoms with Gasteiger partial charge in [-0.2, -0.15) is 0 Å². The molecule has 1 saturated heterocycles. The van der Waals surface area contributed by atoms with Gasteiger partial charge >= 0.3 is 23.9 Å². The van der Waals surface area contributed by atoms with E-state index in [2.05, 4.69) is 5.32 Å². The highest BCUT2D eigenvalue weighted by Gasteiger charge is 2.78. The first-order valence-corrected chi connectivity index (χ1v) is 20.9. The summed E-state index contributed by atoms with van der Waals surface area (Å²) in [7, 11) is 0. The monoisotopic (exact) mass is 847 g/mol. The van der Waals surface area contributed by atoms with Crippen LogP contribution in [0.5, 0.6) is 0 Å². The molecule has 0 aromatic heterocycles. The summed E-state index contributed by atoms with van der Waals surface area (Å²) in [6.07, 6.45) is -7.92. The number of ether oxygens (including phenoxy) is 5. The molecule has 3 fully saturated rings. The molecule has 0 radical (unpaired) electrons. The number of hydrogen-bond acceptors (Lipinski definition) is 14. The van der Waals surface area contributed by atoms with Crippen LogP contribution in [-0.2, 0) is 47.7 Å². The fraction of sp³-hybridized carbons (Fsp3) is 0.565. The van der Waals surface area contributed by atoms with E-state index in [0.717, 1.165) is 26.7 Å². The van der Waals surface area contributed by atoms with Crippen LogP contribution in [0, 0.1) is 16.7 Å². The summed E-state index contributed by atoms with van der Waals surface area (Å²) in [6, 6.07) is 15.0. The Bertz CT molecular complexity index is 2050. The van der Waals surface area contributed by atoms with Crippen molar-refractivity contribution in [3.8, 4) is 0 Å². The quantitative estimate of drug-likeness (QED) is 0.0969. The summed E-state index contributed by atoms with van der Waals surface area (Å²) in [5.74, 6) is -6.55. The summed E-state index contributed by atoms with van der Waals surface area (Å²) in [6.45, 7) is 10.0. The summed E-state index contributed by atoms with van der Waals surface area (Å²) < 4.78 is 30.3. The molecule has 330 valence electrons. The number of rotatable bonds is 13. The lowest BCUT2D eigenvalue weighted by atomic mass is 9.44. The molecule has 1 aliphatic heterocycles. The van der Waals surface area contributed by atoms with E-state index in [-0.39, 0.29) is 36.2 Å². The second-order valence-corrected chi connectivity index (χ2v) is 17.5. The van der Waals surface area contributed by atoms with Gasteiger partial charge in [-0.3, -0.25) is 19.2 Å². The van der Waals surface area contributed by atoms with Gasteiger partial charge in [-0.25, -0.2) is 9.59 Å². The Labute approximate surface area is 355 Å². The number of amides is 1. The SMILES string of the molecule is CCCCCC(=O)NC(c1ccccc1)[C@@H](O)C(=O)O[C@H]1C[C@@]2(O)[C@@H](OC(=O)c3ccccc3)[C@@H]3[C@]4(OC(C)=O)CO[C@@H]4C[C@H](O)[C@@]3(C)C(=O)[C@H](OC(C)=O)C(=C1C)C2(C)C. The Morgan fingerprint density at radius 2 is 1.56 bits per heavy atom. The largest absolute Gasteiger partial charge is 0.456 e. The van der Waals surface area contributed by atoms with Crippen molar-refractivity contribution in [1.29, 1.82) is 0 Å². The number of carbonyl (C=O) groups is 6. The van der Waals surface area contributed by atoms with Gasteiger partial charge in [-0.05, 0) is 49.1 Å². The maximum Gasteiger partial charge on any atom is 0.338 e. The molecule has 2 aromatic rings. The van der Waals surface area contributed by atoms with Gasteiger partial charge in [0.25, 0.3) is 0 Å². The lowest BCUT2D eigenvalue weighted by Gasteiger charge is -2.67. The van der Waals surface area contributed by atoms with E-state index >= 15 is 4.79 Å². The molecule has 2 bridgehead atoms. The molecule has 4 N–H and O–H groups in total. The maximum absolute atomic E-state index is 15.5. The minimum absolute atomic E-state index is 0.0127. The van der Waals surface area contributed by atoms with Crippen molar-refractivity contribution in [3.63, 3.8) is 0 Å². The van der Waals surface area contributed by atoms with Crippen LogP contribution in [0.1, 0.15) is 109 Å². The van der Waals surface area contributed by atoms with E-state index in [9.17, 15) is 39.3 Å². The maximum atomic E-state index is 15.5. The third-order valence-corrected chi connectivity index (χ3v) is 13.5. The van der Waals surface area contributed by atoms with Crippen LogP contribution in [0.2, 0.25) is 0 Å². The summed E-state index contributed by atoms with van der Waals surface area (Å²) >= 11 is 0. The van der Waals surface area contributed by atoms with E-state index in [1.165, 1.54) is 26.0 Å². The molecule has 15 nitrogen and oxygen atoms in total. The average molecular weight is 848 g/mol. The van der Waals surface area contributed by atoms with Crippen molar-refractivity contribution in [1.82, 2.24) is 5.32 Å². The highest BCUT2D eigenvalue weighted by atomic mass is 16.6. The second-order valence-electron chi connectivity index (χ2n) is 17.5. The standard InChI is InChI=1S/C46H57NO14/c1-8-9-12-21-33(51)47-35(28-17-13-10-14-18-28)36(52)42(55)59-30-23-46(56)40(60-41(54)29-19-15-11-16-20-29)38-44(7,31(50)22-32-45(38,24-57-32)61-27(4)49)39(53)37(58-26(3)48)34(25(30)2)43(46,5)6/h10-11,13-20,30-32,35-38,40,50,52,56H,8-9,12,21-24H2,1-7H3,(H,47,51)/t30-,31-,32+,35?,36+,37+,38-,40-,44+,45-,46+/m0/s1. The lowest BCUT2D eigenvalue weighted by Crippen LogP contribution is -2.82. The molecule has 0 spiro atoms. The highest BCUT2D eigenvalue weighted by molar-refractivity contribution is 5.95. The van der Waals surface area contributed by atoms with Crippen molar-refractivity contribution < 1.29 is 67.8 Å². The topological polar surface area (TPSA) is 221 Å². The van der Waals surface area contributed by atoms with Gasteiger partial charge in [-0.15, -0.1) is 0 Å². The Hall–Kier alpha value is -4.96. The van der Waals surface area contributed by atoms with E-state index in [1.807, 2.05) is 6.92 Å². The third-order valence-electron chi connectivity index (χ3n) is 13.5. The Morgan fingerprint density at radius 1 is 0.918 bits per heavy atom. The summed E-state index contributed by atoms with van der Waals surface area (Å²) in [4.78, 5) is 83.0. The Kier molecular flexibility index (Phi) is 13.0. The zero-order chi connectivity index (χ0) is 44.7. The average Bonchev–Trinajstić information content (AvgIpc) is 3.21. The molecule has 11 atom stereocenters. The van der Waals surface area contributed by atoms with Crippen LogP contribution in [-0.4, -0.2) is 105 Å². The van der Waals surface area contributed by atoms with Crippen LogP contribution >= 0.6 is 0 Å². The van der Waals surface area contributed by atoms with E-state index in [4.69, 9.17) is 23.7 Å². The van der Waals surface area contributed by atoms with Crippen LogP contribution in [0.4, 0.5) is 0 Å². The molecule has 2 saturated carbocycles. The summed E-state index contributed by atoms with van der Waals surface area (Å²) in [5, 5.41) is 40.2. The molecule has 6 rings (SSSR count). The number of ketones is 1. The first-order chi connectivity index (χ1) is 28.7. The minimum atomic E-state index is -2.37. The predicted molar refractivity (Wildman–Crippen MR) is 216 cm³/mol. The zero-order valence-corrected chi connectivity index (χ0v) is 35.7. The van der Waals surface area contributed by atoms with Gasteiger partial charge in [0.1, 0.15) is 23.9 Å². The molecule has 1 unspecified atom stereocenters. The number of esters is 4. The van der Waals surface area contributed by atoms with E-state index in [0.29, 0.717) is 12.0 Å². The first kappa shape index (κ1) is 45.6. The van der Waals surface area contributed by atoms with Gasteiger partial charge in [0.05, 0.1) is 35.6 Å². The highest BCUT2D eigenvalue weighted by Crippen LogP contribution is 2.64. The molecule has 61 heavy (non-hydrogen) atoms. The van der Waals surface area contributed by atoms with Crippen LogP contribution < -0.4 is 5.32 Å². The number of nitrogens with one attached hydrogen (secondary N) is 1. The molecule has 1 amide bonds. The van der Waals surface area contributed by atoms with Crippen molar-refractivity contribution in [2.24, 2.45) is 16.7 Å². The Morgan fingerprint density at radius 3 is 2.13 bits per heavy atom. The zero-order valence-electron chi connectivity index (χ0n) is 35.7. The number of hydrogen-bond donors (Lipinski definition) is 4. The fourth-order valence-electron chi connectivity index (χ4n) is 10.1. The van der Waals surface area contributed by atoms with Gasteiger partial charge in [-0.1, -0.05) is 82.1 Å². The number of benzene rings is 2. The van der Waals surface area contributed by atoms with Crippen LogP contribution in [0.15, 0.2) is 71.8 Å². The van der Waals surface area contributed by atoms with Crippen molar-refractivity contribution in [2.75, 3.05) is 6.61 Å². The molecule has 4 aliphatic rings. The molecule has 1 heterocycles. The van der Waals surface area contributed by atoms with Gasteiger partial charge in [0.15, 0.2) is 23.6 Å². The van der Waals surface area contributed by atoms with Crippen LogP contribution in [0.25, 0.3) is 0 Å². The lowest BCUT2D eigenvalue weighted by molar-refractivity contribution is -0.346. The van der Waals surface area contributed by atoms with Crippen molar-refractivity contribution in [2.45, 2.75) is 141 Å². The number of aliphatic hydroxyl groups is 3. The number of carbonyl (C=O) groups excluding carboxylic acids is 6. The molecule has 2 aromatic carbocycles. The van der Waals surface area contributed by atoms with Gasteiger partial charge in [0.2, 0.25) is 5.91 Å². The molecular formula is C46H57NO14. The van der Waals surface area contributed by atoms with Gasteiger partial charge in [0, 0.05) is 38.5 Å². The smallest absolute Gasteiger partial charge is 0.338 e. The van der Waals surface area contributed by atoms with E-state index < -0.39 is 113 Å². The number of Topliss-reactive ketones (excluding diaryl/α,β-unsaturated/α-hetero) is 1. The predicted octanol–water partition coefficient (Wildman–Crippen LogP) is 4.00. The Balaban J connectivity index is 1.52. The summed E-state index contributed by atoms with van der Waals surface area (Å²) in [5.41, 5.74) is -7.12. The third kappa shape index (κ3) is 8.01. The normalized spacial score (nSPS) is 32.3. The van der Waals surface area contributed by atoms with E-state index in [1.54, 1.807) is 62.4 Å². The molecular weight excluding hydrogens is 790 g/mol. The molecule has 3 aliphatic carbocycles. The number of unbranched alkanes of at least 4 members (excludes halogenated alkanes) is 2. The first-order valence-electron chi connectivity index (χ1n) is 20.9. The minimum Gasteiger partial charge on any atom is -0.456 e. The van der Waals surface area contributed by atoms with Gasteiger partial charge < -0.3 is 44.3 Å². The second kappa shape index (κ2) is 17.4. The number of aliphatic hydroxyl groups excluding tert-OH is 2. The van der Waals surface area contributed by atoms with Crippen molar-refractivity contribution >= 4 is 35.6 Å². The number of fused-ring (bicyclic) bond motifs is 5.